The third kappa shape index (κ3) is 3.35. The van der Waals surface area contributed by atoms with Gasteiger partial charge in [0.2, 0.25) is 5.91 Å². The van der Waals surface area contributed by atoms with Gasteiger partial charge in [0.25, 0.3) is 0 Å². The Labute approximate surface area is 170 Å². The van der Waals surface area contributed by atoms with Crippen LogP contribution in [0.25, 0.3) is 0 Å². The lowest BCUT2D eigenvalue weighted by atomic mass is 9.84. The summed E-state index contributed by atoms with van der Waals surface area (Å²) in [5.74, 6) is 0.918. The molecular formula is C23H29NO3S. The zero-order chi connectivity index (χ0) is 19.8. The summed E-state index contributed by atoms with van der Waals surface area (Å²) in [6, 6.07) is 12.1. The molecule has 0 unspecified atom stereocenters. The highest BCUT2D eigenvalue weighted by atomic mass is 32.1. The molecule has 4 nitrogen and oxygen atoms in total. The second kappa shape index (κ2) is 7.53. The number of hydrogen-bond acceptors (Lipinski definition) is 4. The van der Waals surface area contributed by atoms with Gasteiger partial charge in [0, 0.05) is 27.3 Å². The van der Waals surface area contributed by atoms with E-state index in [0.29, 0.717) is 6.54 Å². The predicted molar refractivity (Wildman–Crippen MR) is 112 cm³/mol. The first-order valence-corrected chi connectivity index (χ1v) is 11.0. The van der Waals surface area contributed by atoms with E-state index in [1.54, 1.807) is 18.4 Å². The quantitative estimate of drug-likeness (QED) is 0.722. The van der Waals surface area contributed by atoms with Crippen LogP contribution in [0, 0.1) is 0 Å². The number of para-hydroxylation sites is 1. The van der Waals surface area contributed by atoms with E-state index < -0.39 is 11.5 Å². The van der Waals surface area contributed by atoms with Crippen molar-refractivity contribution in [1.82, 2.24) is 5.32 Å². The van der Waals surface area contributed by atoms with Crippen LogP contribution in [0.15, 0.2) is 36.4 Å². The lowest BCUT2D eigenvalue weighted by Crippen LogP contribution is -2.43. The third-order valence-electron chi connectivity index (χ3n) is 6.52. The largest absolute Gasteiger partial charge is 0.496 e. The van der Waals surface area contributed by atoms with Crippen LogP contribution in [-0.4, -0.2) is 24.7 Å². The predicted octanol–water partition coefficient (Wildman–Crippen LogP) is 4.47. The standard InChI is InChI=1S/C23H29NO3S/c1-16(25)19-9-10-20(28-19)22(11-5-6-12-22)15-24-21(26)23(13-14-23)17-7-3-4-8-18(17)27-2/h3-4,7-10,16,25H,5-6,11-15H2,1-2H3,(H,24,26)/t16-/m0/s1. The highest BCUT2D eigenvalue weighted by Crippen LogP contribution is 2.52. The van der Waals surface area contributed by atoms with Crippen molar-refractivity contribution in [3.05, 3.63) is 51.7 Å². The zero-order valence-electron chi connectivity index (χ0n) is 16.7. The molecule has 0 radical (unpaired) electrons. The summed E-state index contributed by atoms with van der Waals surface area (Å²) in [7, 11) is 1.66. The number of aliphatic hydroxyl groups is 1. The lowest BCUT2D eigenvalue weighted by molar-refractivity contribution is -0.123. The summed E-state index contributed by atoms with van der Waals surface area (Å²) in [5.41, 5.74) is 0.569. The van der Waals surface area contributed by atoms with Crippen LogP contribution in [0.2, 0.25) is 0 Å². The molecule has 2 saturated carbocycles. The number of nitrogens with one attached hydrogen (secondary N) is 1. The molecule has 28 heavy (non-hydrogen) atoms. The maximum absolute atomic E-state index is 13.2. The Bertz CT molecular complexity index is 847. The van der Waals surface area contributed by atoms with E-state index >= 15 is 0 Å². The first-order chi connectivity index (χ1) is 13.5. The smallest absolute Gasteiger partial charge is 0.230 e. The minimum atomic E-state index is -0.438. The number of rotatable bonds is 7. The molecule has 0 saturated heterocycles. The first-order valence-electron chi connectivity index (χ1n) is 10.2. The Hall–Kier alpha value is -1.85. The fourth-order valence-corrected chi connectivity index (χ4v) is 5.82. The van der Waals surface area contributed by atoms with Crippen LogP contribution in [-0.2, 0) is 15.6 Å². The molecule has 0 spiro atoms. The van der Waals surface area contributed by atoms with Gasteiger partial charge in [0.15, 0.2) is 0 Å². The molecule has 2 aliphatic carbocycles. The van der Waals surface area contributed by atoms with Gasteiger partial charge >= 0.3 is 0 Å². The SMILES string of the molecule is COc1ccccc1C1(C(=O)NCC2(c3ccc([C@H](C)O)s3)CCCC2)CC1. The van der Waals surface area contributed by atoms with Gasteiger partial charge in [-0.25, -0.2) is 0 Å². The Morgan fingerprint density at radius 3 is 2.50 bits per heavy atom. The molecule has 1 aromatic carbocycles. The average Bonchev–Trinajstić information content (AvgIpc) is 3.13. The van der Waals surface area contributed by atoms with E-state index in [2.05, 4.69) is 11.4 Å². The van der Waals surface area contributed by atoms with E-state index in [4.69, 9.17) is 4.74 Å². The van der Waals surface area contributed by atoms with Crippen molar-refractivity contribution in [3.8, 4) is 5.75 Å². The molecule has 0 bridgehead atoms. The normalized spacial score (nSPS) is 20.5. The molecule has 2 aliphatic rings. The minimum absolute atomic E-state index is 0.00429. The van der Waals surface area contributed by atoms with Crippen LogP contribution < -0.4 is 10.1 Å². The summed E-state index contributed by atoms with van der Waals surface area (Å²) >= 11 is 1.69. The molecular weight excluding hydrogens is 370 g/mol. The monoisotopic (exact) mass is 399 g/mol. The van der Waals surface area contributed by atoms with Gasteiger partial charge in [0.1, 0.15) is 5.75 Å². The summed E-state index contributed by atoms with van der Waals surface area (Å²) in [6.45, 7) is 2.48. The summed E-state index contributed by atoms with van der Waals surface area (Å²) in [4.78, 5) is 15.5. The number of hydrogen-bond donors (Lipinski definition) is 2. The number of aliphatic hydroxyl groups excluding tert-OH is 1. The van der Waals surface area contributed by atoms with Crippen molar-refractivity contribution in [2.45, 2.75) is 62.4 Å². The van der Waals surface area contributed by atoms with E-state index in [1.807, 2.05) is 37.3 Å². The van der Waals surface area contributed by atoms with Crippen LogP contribution >= 0.6 is 11.3 Å². The third-order valence-corrected chi connectivity index (χ3v) is 8.02. The van der Waals surface area contributed by atoms with Gasteiger partial charge in [-0.05, 0) is 50.8 Å². The average molecular weight is 400 g/mol. The van der Waals surface area contributed by atoms with Crippen molar-refractivity contribution in [2.24, 2.45) is 0 Å². The van der Waals surface area contributed by atoms with Crippen LogP contribution in [0.3, 0.4) is 0 Å². The van der Waals surface area contributed by atoms with Gasteiger partial charge in [-0.3, -0.25) is 4.79 Å². The molecule has 1 heterocycles. The summed E-state index contributed by atoms with van der Waals surface area (Å²) in [5, 5.41) is 13.2. The number of carbonyl (C=O) groups excluding carboxylic acids is 1. The van der Waals surface area contributed by atoms with Crippen molar-refractivity contribution >= 4 is 17.2 Å². The van der Waals surface area contributed by atoms with Gasteiger partial charge in [-0.2, -0.15) is 0 Å². The highest BCUT2D eigenvalue weighted by molar-refractivity contribution is 7.12. The van der Waals surface area contributed by atoms with Gasteiger partial charge in [0.05, 0.1) is 18.6 Å². The Morgan fingerprint density at radius 1 is 1.18 bits per heavy atom. The number of methoxy groups -OCH3 is 1. The van der Waals surface area contributed by atoms with Crippen molar-refractivity contribution in [1.29, 1.82) is 0 Å². The molecule has 2 fully saturated rings. The van der Waals surface area contributed by atoms with Crippen LogP contribution in [0.5, 0.6) is 5.75 Å². The van der Waals surface area contributed by atoms with Gasteiger partial charge < -0.3 is 15.2 Å². The molecule has 1 atom stereocenters. The fraction of sp³-hybridized carbons (Fsp3) is 0.522. The summed E-state index contributed by atoms with van der Waals surface area (Å²) in [6.07, 6.45) is 5.87. The zero-order valence-corrected chi connectivity index (χ0v) is 17.5. The minimum Gasteiger partial charge on any atom is -0.496 e. The molecule has 5 heteroatoms. The lowest BCUT2D eigenvalue weighted by Gasteiger charge is -2.29. The van der Waals surface area contributed by atoms with E-state index in [1.165, 1.54) is 17.7 Å². The Morgan fingerprint density at radius 2 is 1.89 bits per heavy atom. The van der Waals surface area contributed by atoms with Gasteiger partial charge in [-0.15, -0.1) is 11.3 Å². The van der Waals surface area contributed by atoms with E-state index in [0.717, 1.165) is 41.9 Å². The Balaban J connectivity index is 1.52. The molecule has 0 aliphatic heterocycles. The van der Waals surface area contributed by atoms with Crippen LogP contribution in [0.1, 0.15) is 66.9 Å². The number of ether oxygens (including phenoxy) is 1. The number of benzene rings is 1. The Kier molecular flexibility index (Phi) is 5.23. The second-order valence-electron chi connectivity index (χ2n) is 8.33. The van der Waals surface area contributed by atoms with Gasteiger partial charge in [-0.1, -0.05) is 31.0 Å². The number of thiophene rings is 1. The fourth-order valence-electron chi connectivity index (χ4n) is 4.63. The molecule has 150 valence electrons. The number of amides is 1. The molecule has 2 N–H and O–H groups in total. The first kappa shape index (κ1) is 19.5. The van der Waals surface area contributed by atoms with E-state index in [-0.39, 0.29) is 11.3 Å². The van der Waals surface area contributed by atoms with Crippen molar-refractivity contribution < 1.29 is 14.6 Å². The van der Waals surface area contributed by atoms with Crippen molar-refractivity contribution in [3.63, 3.8) is 0 Å². The highest BCUT2D eigenvalue weighted by Gasteiger charge is 2.53. The topological polar surface area (TPSA) is 58.6 Å². The molecule has 1 aromatic heterocycles. The maximum Gasteiger partial charge on any atom is 0.230 e. The van der Waals surface area contributed by atoms with E-state index in [9.17, 15) is 9.90 Å². The van der Waals surface area contributed by atoms with Crippen LogP contribution in [0.4, 0.5) is 0 Å². The molecule has 4 rings (SSSR count). The second-order valence-corrected chi connectivity index (χ2v) is 9.45. The summed E-state index contributed by atoms with van der Waals surface area (Å²) < 4.78 is 5.51. The molecule has 1 amide bonds. The molecule has 2 aromatic rings. The number of carbonyl (C=O) groups is 1. The van der Waals surface area contributed by atoms with Crippen molar-refractivity contribution in [2.75, 3.05) is 13.7 Å². The maximum atomic E-state index is 13.2.